The first-order valence-corrected chi connectivity index (χ1v) is 14.8. The lowest BCUT2D eigenvalue weighted by Gasteiger charge is -2.35. The summed E-state index contributed by atoms with van der Waals surface area (Å²) in [4.78, 5) is 30.1. The summed E-state index contributed by atoms with van der Waals surface area (Å²) in [7, 11) is 0. The molecule has 2 atom stereocenters. The summed E-state index contributed by atoms with van der Waals surface area (Å²) in [5.41, 5.74) is -0.944. The molecule has 2 saturated heterocycles. The number of anilines is 3. The zero-order chi connectivity index (χ0) is 30.9. The van der Waals surface area contributed by atoms with Crippen LogP contribution in [0.1, 0.15) is 43.6 Å². The van der Waals surface area contributed by atoms with Crippen LogP contribution >= 0.6 is 11.3 Å². The Morgan fingerprint density at radius 3 is 2.42 bits per heavy atom. The Hall–Kier alpha value is -3.43. The molecule has 0 aliphatic carbocycles. The fourth-order valence-corrected chi connectivity index (χ4v) is 6.55. The Labute approximate surface area is 249 Å². The second-order valence-electron chi connectivity index (χ2n) is 10.9. The van der Waals surface area contributed by atoms with Crippen molar-refractivity contribution in [3.05, 3.63) is 46.6 Å². The van der Waals surface area contributed by atoms with Crippen LogP contribution in [-0.4, -0.2) is 80.6 Å². The number of alkyl halides is 3. The van der Waals surface area contributed by atoms with E-state index in [0.29, 0.717) is 50.2 Å². The van der Waals surface area contributed by atoms with Crippen LogP contribution in [0.15, 0.2) is 24.5 Å². The minimum atomic E-state index is -4.74. The van der Waals surface area contributed by atoms with Crippen LogP contribution in [0.5, 0.6) is 0 Å². The van der Waals surface area contributed by atoms with Crippen LogP contribution in [0.25, 0.3) is 11.3 Å². The van der Waals surface area contributed by atoms with Gasteiger partial charge in [-0.25, -0.2) is 19.3 Å². The number of nitrogens with one attached hydrogen (secondary N) is 1. The van der Waals surface area contributed by atoms with Crippen LogP contribution in [0.2, 0.25) is 0 Å². The van der Waals surface area contributed by atoms with E-state index in [1.54, 1.807) is 4.90 Å². The maximum Gasteiger partial charge on any atom is 0.416 e. The molecule has 43 heavy (non-hydrogen) atoms. The summed E-state index contributed by atoms with van der Waals surface area (Å²) >= 11 is 1.15. The second kappa shape index (κ2) is 12.7. The largest absolute Gasteiger partial charge is 0.481 e. The van der Waals surface area contributed by atoms with E-state index in [-0.39, 0.29) is 46.5 Å². The Kier molecular flexibility index (Phi) is 9.13. The molecule has 0 radical (unpaired) electrons. The number of carboxylic acids is 1. The van der Waals surface area contributed by atoms with Crippen molar-refractivity contribution in [3.63, 3.8) is 0 Å². The SMILES string of the molecule is C[C@@H]1CC[C@H](C)N1Cc1sc(Nc2ncnc(N3CCN(CCC(=O)O)CC3)c2F)nc1-c1cc(F)cc(C(F)(F)F)c1. The predicted molar refractivity (Wildman–Crippen MR) is 152 cm³/mol. The molecule has 0 bridgehead atoms. The van der Waals surface area contributed by atoms with Crippen LogP contribution in [-0.2, 0) is 17.5 Å². The highest BCUT2D eigenvalue weighted by Crippen LogP contribution is 2.39. The van der Waals surface area contributed by atoms with E-state index in [1.165, 1.54) is 6.33 Å². The lowest BCUT2D eigenvalue weighted by molar-refractivity contribution is -0.138. The van der Waals surface area contributed by atoms with Crippen LogP contribution in [0, 0.1) is 11.6 Å². The number of piperazine rings is 1. The van der Waals surface area contributed by atoms with Crippen molar-refractivity contribution in [2.45, 2.75) is 57.9 Å². The van der Waals surface area contributed by atoms with Crippen LogP contribution in [0.4, 0.5) is 38.7 Å². The molecule has 1 aromatic carbocycles. The van der Waals surface area contributed by atoms with Crippen molar-refractivity contribution >= 4 is 34.1 Å². The number of aromatic nitrogens is 3. The number of carboxylic acid groups (broad SMARTS) is 1. The predicted octanol–water partition coefficient (Wildman–Crippen LogP) is 5.61. The van der Waals surface area contributed by atoms with E-state index in [9.17, 15) is 22.4 Å². The topological polar surface area (TPSA) is 97.7 Å². The molecule has 3 aromatic rings. The van der Waals surface area contributed by atoms with E-state index < -0.39 is 29.3 Å². The third-order valence-corrected chi connectivity index (χ3v) is 8.92. The fourth-order valence-electron chi connectivity index (χ4n) is 5.56. The highest BCUT2D eigenvalue weighted by molar-refractivity contribution is 7.16. The first kappa shape index (κ1) is 31.0. The number of rotatable bonds is 9. The molecule has 0 spiro atoms. The van der Waals surface area contributed by atoms with Crippen molar-refractivity contribution < 1.29 is 31.9 Å². The molecule has 2 aliphatic heterocycles. The first-order chi connectivity index (χ1) is 20.4. The van der Waals surface area contributed by atoms with Gasteiger partial charge in [-0.15, -0.1) is 0 Å². The number of hydrogen-bond acceptors (Lipinski definition) is 9. The van der Waals surface area contributed by atoms with Crippen molar-refractivity contribution in [1.82, 2.24) is 24.8 Å². The highest BCUT2D eigenvalue weighted by Gasteiger charge is 2.33. The van der Waals surface area contributed by atoms with Gasteiger partial charge in [0.15, 0.2) is 16.8 Å². The Morgan fingerprint density at radius 2 is 1.77 bits per heavy atom. The van der Waals surface area contributed by atoms with Gasteiger partial charge in [-0.2, -0.15) is 17.6 Å². The summed E-state index contributed by atoms with van der Waals surface area (Å²) in [6.07, 6.45) is -1.56. The number of benzene rings is 1. The molecule has 232 valence electrons. The number of halogens is 5. The Balaban J connectivity index is 1.42. The van der Waals surface area contributed by atoms with Gasteiger partial charge in [0.2, 0.25) is 5.82 Å². The molecular formula is C28H32F5N7O2S. The highest BCUT2D eigenvalue weighted by atomic mass is 32.1. The first-order valence-electron chi connectivity index (χ1n) is 14.0. The number of carbonyl (C=O) groups is 1. The number of aliphatic carboxylic acids is 1. The zero-order valence-electron chi connectivity index (χ0n) is 23.7. The average Bonchev–Trinajstić information content (AvgIpc) is 3.50. The lowest BCUT2D eigenvalue weighted by atomic mass is 10.1. The third kappa shape index (κ3) is 7.21. The third-order valence-electron chi connectivity index (χ3n) is 7.97. The molecule has 9 nitrogen and oxygen atoms in total. The monoisotopic (exact) mass is 625 g/mol. The van der Waals surface area contributed by atoms with E-state index in [0.717, 1.165) is 36.3 Å². The summed E-state index contributed by atoms with van der Waals surface area (Å²) in [5.74, 6) is -2.70. The van der Waals surface area contributed by atoms with E-state index in [4.69, 9.17) is 5.11 Å². The summed E-state index contributed by atoms with van der Waals surface area (Å²) in [5, 5.41) is 12.0. The van der Waals surface area contributed by atoms with Gasteiger partial charge in [0.05, 0.1) is 17.7 Å². The van der Waals surface area contributed by atoms with Gasteiger partial charge in [0, 0.05) is 61.8 Å². The quantitative estimate of drug-likeness (QED) is 0.294. The minimum Gasteiger partial charge on any atom is -0.481 e. The summed E-state index contributed by atoms with van der Waals surface area (Å²) in [6.45, 7) is 6.91. The summed E-state index contributed by atoms with van der Waals surface area (Å²) in [6, 6.07) is 2.83. The maximum absolute atomic E-state index is 15.7. The molecule has 2 aliphatic rings. The molecule has 0 unspecified atom stereocenters. The van der Waals surface area contributed by atoms with Gasteiger partial charge in [-0.1, -0.05) is 11.3 Å². The van der Waals surface area contributed by atoms with Crippen molar-refractivity contribution in [2.24, 2.45) is 0 Å². The van der Waals surface area contributed by atoms with Gasteiger partial charge in [0.25, 0.3) is 0 Å². The van der Waals surface area contributed by atoms with E-state index in [1.807, 2.05) is 4.90 Å². The molecule has 15 heteroatoms. The van der Waals surface area contributed by atoms with Crippen LogP contribution < -0.4 is 10.2 Å². The van der Waals surface area contributed by atoms with E-state index in [2.05, 4.69) is 39.0 Å². The smallest absolute Gasteiger partial charge is 0.416 e. The molecule has 2 fully saturated rings. The standard InChI is InChI=1S/C28H32F5N7O2S/c1-16-3-4-17(2)40(16)14-21-24(18-11-19(28(31,32)33)13-20(29)12-18)36-27(43-21)37-25-23(30)26(35-15-34-25)39-9-7-38(8-10-39)6-5-22(41)42/h11-13,15-17H,3-10,14H2,1-2H3,(H,41,42)(H,34,35,36,37)/t16-,17+. The Morgan fingerprint density at radius 1 is 1.07 bits per heavy atom. The molecule has 2 aromatic heterocycles. The molecule has 2 N–H and O–H groups in total. The number of likely N-dealkylation sites (tertiary alicyclic amines) is 1. The van der Waals surface area contributed by atoms with Gasteiger partial charge in [-0.05, 0) is 44.9 Å². The van der Waals surface area contributed by atoms with Gasteiger partial charge in [-0.3, -0.25) is 14.6 Å². The van der Waals surface area contributed by atoms with Gasteiger partial charge >= 0.3 is 12.1 Å². The minimum absolute atomic E-state index is 0.0178. The fraction of sp³-hybridized carbons (Fsp3) is 0.500. The summed E-state index contributed by atoms with van der Waals surface area (Å²) < 4.78 is 70.6. The number of thiazole rings is 1. The molecule has 0 amide bonds. The van der Waals surface area contributed by atoms with Gasteiger partial charge in [0.1, 0.15) is 12.1 Å². The maximum atomic E-state index is 15.7. The number of hydrogen-bond donors (Lipinski definition) is 2. The number of nitrogens with zero attached hydrogens (tertiary/aromatic N) is 6. The molecule has 0 saturated carbocycles. The second-order valence-corrected chi connectivity index (χ2v) is 12.0. The van der Waals surface area contributed by atoms with Crippen molar-refractivity contribution in [3.8, 4) is 11.3 Å². The normalized spacial score (nSPS) is 20.1. The van der Waals surface area contributed by atoms with Crippen molar-refractivity contribution in [1.29, 1.82) is 0 Å². The molecular weight excluding hydrogens is 593 g/mol. The van der Waals surface area contributed by atoms with Crippen molar-refractivity contribution in [2.75, 3.05) is 42.9 Å². The molecule has 5 rings (SSSR count). The van der Waals surface area contributed by atoms with Crippen LogP contribution in [0.3, 0.4) is 0 Å². The zero-order valence-corrected chi connectivity index (χ0v) is 24.5. The average molecular weight is 626 g/mol. The van der Waals surface area contributed by atoms with Gasteiger partial charge < -0.3 is 15.3 Å². The van der Waals surface area contributed by atoms with E-state index >= 15 is 4.39 Å². The molecule has 4 heterocycles. The lowest BCUT2D eigenvalue weighted by Crippen LogP contribution is -2.47. The Bertz CT molecular complexity index is 1450.